The third kappa shape index (κ3) is 2.42. The van der Waals surface area contributed by atoms with Crippen LogP contribution in [-0.4, -0.2) is 14.5 Å². The first kappa shape index (κ1) is 13.2. The summed E-state index contributed by atoms with van der Waals surface area (Å²) >= 11 is 0. The van der Waals surface area contributed by atoms with Crippen LogP contribution in [0.1, 0.15) is 44.1 Å². The molecule has 4 nitrogen and oxygen atoms in total. The van der Waals surface area contributed by atoms with Gasteiger partial charge in [0.15, 0.2) is 0 Å². The maximum Gasteiger partial charge on any atom is 0.131 e. The summed E-state index contributed by atoms with van der Waals surface area (Å²) in [5.41, 5.74) is 9.27. The van der Waals surface area contributed by atoms with E-state index in [0.29, 0.717) is 11.8 Å². The molecule has 2 aromatic rings. The van der Waals surface area contributed by atoms with E-state index in [9.17, 15) is 0 Å². The van der Waals surface area contributed by atoms with E-state index in [-0.39, 0.29) is 0 Å². The Morgan fingerprint density at radius 1 is 1.35 bits per heavy atom. The van der Waals surface area contributed by atoms with Gasteiger partial charge in [-0.1, -0.05) is 13.8 Å². The van der Waals surface area contributed by atoms with Gasteiger partial charge in [-0.05, 0) is 37.8 Å². The van der Waals surface area contributed by atoms with Gasteiger partial charge in [0.25, 0.3) is 0 Å². The van der Waals surface area contributed by atoms with E-state index in [1.54, 1.807) is 0 Å². The molecule has 0 saturated heterocycles. The fraction of sp³-hybridized carbons (Fsp3) is 0.500. The van der Waals surface area contributed by atoms with Crippen LogP contribution >= 0.6 is 0 Å². The number of nitrogen functional groups attached to an aromatic ring is 1. The lowest BCUT2D eigenvalue weighted by atomic mass is 10.2. The van der Waals surface area contributed by atoms with Crippen molar-refractivity contribution in [1.29, 1.82) is 0 Å². The first-order chi connectivity index (χ1) is 9.56. The van der Waals surface area contributed by atoms with Crippen LogP contribution in [0, 0.1) is 12.8 Å². The van der Waals surface area contributed by atoms with Gasteiger partial charge in [-0.2, -0.15) is 0 Å². The summed E-state index contributed by atoms with van der Waals surface area (Å²) in [6, 6.07) is 4.06. The predicted octanol–water partition coefficient (Wildman–Crippen LogP) is 3.37. The smallest absolute Gasteiger partial charge is 0.131 e. The molecule has 2 N–H and O–H groups in total. The quantitative estimate of drug-likeness (QED) is 0.926. The van der Waals surface area contributed by atoms with Crippen LogP contribution in [0.2, 0.25) is 0 Å². The molecule has 20 heavy (non-hydrogen) atoms. The molecule has 0 unspecified atom stereocenters. The van der Waals surface area contributed by atoms with Gasteiger partial charge in [0.1, 0.15) is 17.3 Å². The van der Waals surface area contributed by atoms with Crippen molar-refractivity contribution in [3.8, 4) is 11.3 Å². The largest absolute Gasteiger partial charge is 0.383 e. The van der Waals surface area contributed by atoms with E-state index >= 15 is 0 Å². The van der Waals surface area contributed by atoms with Crippen LogP contribution in [0.15, 0.2) is 18.3 Å². The van der Waals surface area contributed by atoms with Gasteiger partial charge >= 0.3 is 0 Å². The van der Waals surface area contributed by atoms with E-state index < -0.39 is 0 Å². The Labute approximate surface area is 120 Å². The van der Waals surface area contributed by atoms with Crippen molar-refractivity contribution < 1.29 is 0 Å². The lowest BCUT2D eigenvalue weighted by molar-refractivity contribution is 0.512. The number of imidazole rings is 1. The highest BCUT2D eigenvalue weighted by atomic mass is 15.2. The molecule has 0 aromatic carbocycles. The Morgan fingerprint density at radius 2 is 2.10 bits per heavy atom. The molecule has 2 heterocycles. The molecule has 0 spiro atoms. The van der Waals surface area contributed by atoms with E-state index in [2.05, 4.69) is 29.5 Å². The fourth-order valence-electron chi connectivity index (χ4n) is 2.51. The van der Waals surface area contributed by atoms with E-state index in [0.717, 1.165) is 35.1 Å². The van der Waals surface area contributed by atoms with Crippen LogP contribution in [-0.2, 0) is 6.54 Å². The number of pyridine rings is 1. The minimum absolute atomic E-state index is 0.563. The molecule has 1 aliphatic rings. The van der Waals surface area contributed by atoms with Crippen molar-refractivity contribution in [1.82, 2.24) is 14.5 Å². The average molecular weight is 270 g/mol. The van der Waals surface area contributed by atoms with Gasteiger partial charge in [0.05, 0.1) is 0 Å². The fourth-order valence-corrected chi connectivity index (χ4v) is 2.51. The topological polar surface area (TPSA) is 56.7 Å². The van der Waals surface area contributed by atoms with Gasteiger partial charge in [-0.25, -0.2) is 4.98 Å². The lowest BCUT2D eigenvalue weighted by Crippen LogP contribution is -2.10. The molecular formula is C16H22N4. The standard InChI is InChI=1S/C16H22N4/c1-10(2)9-20-15(17)14(19-16(20)12-6-7-12)13-5-4-11(3)18-8-13/h4-5,8,10,12H,6-7,9,17H2,1-3H3. The molecule has 0 radical (unpaired) electrons. The van der Waals surface area contributed by atoms with Crippen LogP contribution in [0.25, 0.3) is 11.3 Å². The first-order valence-electron chi connectivity index (χ1n) is 7.35. The zero-order valence-electron chi connectivity index (χ0n) is 12.4. The highest BCUT2D eigenvalue weighted by molar-refractivity contribution is 5.70. The number of aryl methyl sites for hydroxylation is 1. The SMILES string of the molecule is Cc1ccc(-c2nc(C3CC3)n(CC(C)C)c2N)cn1. The van der Waals surface area contributed by atoms with Crippen molar-refractivity contribution >= 4 is 5.82 Å². The van der Waals surface area contributed by atoms with Gasteiger partial charge < -0.3 is 10.3 Å². The van der Waals surface area contributed by atoms with Crippen LogP contribution in [0.3, 0.4) is 0 Å². The monoisotopic (exact) mass is 270 g/mol. The molecule has 0 bridgehead atoms. The molecule has 0 atom stereocenters. The summed E-state index contributed by atoms with van der Waals surface area (Å²) in [7, 11) is 0. The van der Waals surface area contributed by atoms with Crippen molar-refractivity contribution in [2.75, 3.05) is 5.73 Å². The van der Waals surface area contributed by atoms with Crippen molar-refractivity contribution in [2.45, 2.75) is 46.1 Å². The zero-order valence-corrected chi connectivity index (χ0v) is 12.4. The third-order valence-corrected chi connectivity index (χ3v) is 3.71. The maximum atomic E-state index is 6.36. The van der Waals surface area contributed by atoms with E-state index in [1.165, 1.54) is 12.8 Å². The number of rotatable bonds is 4. The molecule has 0 aliphatic heterocycles. The maximum absolute atomic E-state index is 6.36. The minimum Gasteiger partial charge on any atom is -0.383 e. The highest BCUT2D eigenvalue weighted by Crippen LogP contribution is 2.42. The normalized spacial score (nSPS) is 15.0. The highest BCUT2D eigenvalue weighted by Gasteiger charge is 2.31. The first-order valence-corrected chi connectivity index (χ1v) is 7.35. The van der Waals surface area contributed by atoms with Gasteiger partial charge in [-0.3, -0.25) is 4.98 Å². The van der Waals surface area contributed by atoms with Crippen LogP contribution in [0.4, 0.5) is 5.82 Å². The predicted molar refractivity (Wildman–Crippen MR) is 81.4 cm³/mol. The second-order valence-electron chi connectivity index (χ2n) is 6.17. The van der Waals surface area contributed by atoms with Crippen LogP contribution in [0.5, 0.6) is 0 Å². The number of hydrogen-bond acceptors (Lipinski definition) is 3. The van der Waals surface area contributed by atoms with Crippen molar-refractivity contribution in [3.63, 3.8) is 0 Å². The second kappa shape index (κ2) is 4.93. The summed E-state index contributed by atoms with van der Waals surface area (Å²) in [4.78, 5) is 9.17. The van der Waals surface area contributed by atoms with Gasteiger partial charge in [0, 0.05) is 29.9 Å². The molecule has 106 valence electrons. The van der Waals surface area contributed by atoms with Gasteiger partial charge in [-0.15, -0.1) is 0 Å². The second-order valence-corrected chi connectivity index (χ2v) is 6.17. The van der Waals surface area contributed by atoms with Crippen LogP contribution < -0.4 is 5.73 Å². The molecular weight excluding hydrogens is 248 g/mol. The Kier molecular flexibility index (Phi) is 3.24. The number of hydrogen-bond donors (Lipinski definition) is 1. The Bertz CT molecular complexity index is 606. The zero-order chi connectivity index (χ0) is 14.3. The molecule has 1 fully saturated rings. The Balaban J connectivity index is 2.05. The summed E-state index contributed by atoms with van der Waals surface area (Å²) < 4.78 is 2.21. The van der Waals surface area contributed by atoms with E-state index in [1.807, 2.05) is 19.2 Å². The molecule has 4 heteroatoms. The number of nitrogens with two attached hydrogens (primary N) is 1. The van der Waals surface area contributed by atoms with E-state index in [4.69, 9.17) is 10.7 Å². The minimum atomic E-state index is 0.563. The van der Waals surface area contributed by atoms with Crippen molar-refractivity contribution in [3.05, 3.63) is 29.8 Å². The lowest BCUT2D eigenvalue weighted by Gasteiger charge is -2.11. The molecule has 1 aliphatic carbocycles. The van der Waals surface area contributed by atoms with Crippen molar-refractivity contribution in [2.24, 2.45) is 5.92 Å². The number of nitrogens with zero attached hydrogens (tertiary/aromatic N) is 3. The summed E-state index contributed by atoms with van der Waals surface area (Å²) in [5.74, 6) is 3.11. The summed E-state index contributed by atoms with van der Waals surface area (Å²) in [6.07, 6.45) is 4.34. The molecule has 3 rings (SSSR count). The Morgan fingerprint density at radius 3 is 2.65 bits per heavy atom. The number of aromatic nitrogens is 3. The number of anilines is 1. The average Bonchev–Trinajstić information content (AvgIpc) is 3.19. The summed E-state index contributed by atoms with van der Waals surface area (Å²) in [6.45, 7) is 7.34. The third-order valence-electron chi connectivity index (χ3n) is 3.71. The Hall–Kier alpha value is -1.84. The molecule has 0 amide bonds. The molecule has 2 aromatic heterocycles. The van der Waals surface area contributed by atoms with Gasteiger partial charge in [0.2, 0.25) is 0 Å². The molecule has 1 saturated carbocycles. The summed E-state index contributed by atoms with van der Waals surface area (Å²) in [5, 5.41) is 0.